The Morgan fingerprint density at radius 2 is 1.71 bits per heavy atom. The van der Waals surface area contributed by atoms with Gasteiger partial charge in [0.2, 0.25) is 5.91 Å². The van der Waals surface area contributed by atoms with Gasteiger partial charge < -0.3 is 20.5 Å². The van der Waals surface area contributed by atoms with Gasteiger partial charge in [-0.3, -0.25) is 9.48 Å². The van der Waals surface area contributed by atoms with E-state index < -0.39 is 12.1 Å². The zero-order valence-electron chi connectivity index (χ0n) is 19.7. The van der Waals surface area contributed by atoms with Crippen LogP contribution in [0, 0.1) is 0 Å². The van der Waals surface area contributed by atoms with Crippen molar-refractivity contribution in [3.8, 4) is 11.1 Å². The summed E-state index contributed by atoms with van der Waals surface area (Å²) in [5.74, 6) is -1.43. The molecule has 1 aliphatic rings. The second kappa shape index (κ2) is 10.4. The number of carbonyl (C=O) groups excluding carboxylic acids is 2. The summed E-state index contributed by atoms with van der Waals surface area (Å²) < 4.78 is 6.89. The Balaban J connectivity index is 1.30. The van der Waals surface area contributed by atoms with Crippen molar-refractivity contribution in [2.24, 2.45) is 7.05 Å². The molecule has 1 atom stereocenters. The fourth-order valence-corrected chi connectivity index (χ4v) is 4.43. The minimum atomic E-state index is -1.17. The molecule has 0 bridgehead atoms. The van der Waals surface area contributed by atoms with Crippen LogP contribution in [0.2, 0.25) is 0 Å². The number of nitrogens with zero attached hydrogens (tertiary/aromatic N) is 2. The van der Waals surface area contributed by atoms with E-state index in [1.54, 1.807) is 7.05 Å². The van der Waals surface area contributed by atoms with Gasteiger partial charge in [-0.2, -0.15) is 5.10 Å². The first-order chi connectivity index (χ1) is 16.9. The van der Waals surface area contributed by atoms with Gasteiger partial charge in [-0.25, -0.2) is 9.59 Å². The van der Waals surface area contributed by atoms with Crippen molar-refractivity contribution in [3.05, 3.63) is 71.4 Å². The first-order valence-electron chi connectivity index (χ1n) is 11.6. The van der Waals surface area contributed by atoms with Gasteiger partial charge in [0.25, 0.3) is 0 Å². The molecule has 0 fully saturated rings. The molecule has 0 saturated carbocycles. The number of aromatic nitrogens is 2. The third-order valence-electron chi connectivity index (χ3n) is 6.31. The average Bonchev–Trinajstić information content (AvgIpc) is 3.38. The van der Waals surface area contributed by atoms with Crippen LogP contribution in [0.1, 0.15) is 53.6 Å². The third-order valence-corrected chi connectivity index (χ3v) is 6.31. The largest absolute Gasteiger partial charge is 0.477 e. The lowest BCUT2D eigenvalue weighted by molar-refractivity contribution is -0.116. The molecule has 2 amide bonds. The number of benzene rings is 2. The number of aryl methyl sites for hydroxylation is 1. The number of nitrogens with one attached hydrogen (secondary N) is 2. The molecule has 0 aliphatic heterocycles. The molecule has 1 aliphatic carbocycles. The number of aromatic carboxylic acids is 1. The standard InChI is InChI=1S/C26H28N4O5/c1-3-16(12-13-23(31)29-24-21(25(32)33)14-27-30(24)2)28-26(34)35-15-22-19-10-6-4-8-17(19)18-9-5-7-11-20(18)22/h4-11,14,16,22H,3,12-13,15H2,1-2H3,(H,28,34)(H,29,31)(H,32,33). The maximum atomic E-state index is 12.5. The maximum Gasteiger partial charge on any atom is 0.407 e. The van der Waals surface area contributed by atoms with E-state index >= 15 is 0 Å². The molecule has 0 spiro atoms. The van der Waals surface area contributed by atoms with Crippen LogP contribution in [0.3, 0.4) is 0 Å². The molecule has 9 heteroatoms. The number of hydrogen-bond donors (Lipinski definition) is 3. The Morgan fingerprint density at radius 1 is 1.09 bits per heavy atom. The Hall–Kier alpha value is -4.14. The van der Waals surface area contributed by atoms with Crippen molar-refractivity contribution in [2.75, 3.05) is 11.9 Å². The summed E-state index contributed by atoms with van der Waals surface area (Å²) in [5.41, 5.74) is 4.52. The van der Waals surface area contributed by atoms with Crippen molar-refractivity contribution in [1.29, 1.82) is 0 Å². The number of hydrogen-bond acceptors (Lipinski definition) is 5. The number of alkyl carbamates (subject to hydrolysis) is 1. The molecule has 4 rings (SSSR count). The fourth-order valence-electron chi connectivity index (χ4n) is 4.43. The molecule has 0 radical (unpaired) electrons. The zero-order valence-corrected chi connectivity index (χ0v) is 19.7. The molecule has 3 N–H and O–H groups in total. The molecule has 1 aromatic heterocycles. The summed E-state index contributed by atoms with van der Waals surface area (Å²) >= 11 is 0. The van der Waals surface area contributed by atoms with Crippen LogP contribution in [0.25, 0.3) is 11.1 Å². The predicted octanol–water partition coefficient (Wildman–Crippen LogP) is 4.15. The Bertz CT molecular complexity index is 1210. The summed E-state index contributed by atoms with van der Waals surface area (Å²) in [6.07, 6.45) is 1.76. The van der Waals surface area contributed by atoms with Gasteiger partial charge in [0.15, 0.2) is 0 Å². The van der Waals surface area contributed by atoms with Crippen LogP contribution >= 0.6 is 0 Å². The van der Waals surface area contributed by atoms with E-state index in [2.05, 4.69) is 40.0 Å². The summed E-state index contributed by atoms with van der Waals surface area (Å²) in [4.78, 5) is 36.2. The highest BCUT2D eigenvalue weighted by atomic mass is 16.5. The highest BCUT2D eigenvalue weighted by Gasteiger charge is 2.29. The first-order valence-corrected chi connectivity index (χ1v) is 11.6. The lowest BCUT2D eigenvalue weighted by atomic mass is 9.98. The van der Waals surface area contributed by atoms with E-state index in [1.807, 2.05) is 31.2 Å². The highest BCUT2D eigenvalue weighted by molar-refractivity contribution is 5.99. The van der Waals surface area contributed by atoms with Gasteiger partial charge in [0.05, 0.1) is 6.20 Å². The molecule has 1 heterocycles. The van der Waals surface area contributed by atoms with E-state index in [4.69, 9.17) is 4.74 Å². The minimum Gasteiger partial charge on any atom is -0.477 e. The van der Waals surface area contributed by atoms with Crippen LogP contribution < -0.4 is 10.6 Å². The smallest absolute Gasteiger partial charge is 0.407 e. The van der Waals surface area contributed by atoms with Crippen molar-refractivity contribution < 1.29 is 24.2 Å². The summed E-state index contributed by atoms with van der Waals surface area (Å²) in [6.45, 7) is 2.13. The lowest BCUT2D eigenvalue weighted by Crippen LogP contribution is -2.36. The molecule has 182 valence electrons. The van der Waals surface area contributed by atoms with Gasteiger partial charge in [-0.15, -0.1) is 0 Å². The molecule has 35 heavy (non-hydrogen) atoms. The van der Waals surface area contributed by atoms with Crippen LogP contribution in [-0.2, 0) is 16.6 Å². The summed E-state index contributed by atoms with van der Waals surface area (Å²) in [7, 11) is 1.55. The summed E-state index contributed by atoms with van der Waals surface area (Å²) in [6, 6.07) is 16.0. The number of carboxylic acids is 1. The number of ether oxygens (including phenoxy) is 1. The van der Waals surface area contributed by atoms with Gasteiger partial charge in [-0.1, -0.05) is 55.5 Å². The second-order valence-corrected chi connectivity index (χ2v) is 8.50. The lowest BCUT2D eigenvalue weighted by Gasteiger charge is -2.19. The van der Waals surface area contributed by atoms with Crippen LogP contribution in [0.5, 0.6) is 0 Å². The summed E-state index contributed by atoms with van der Waals surface area (Å²) in [5, 5.41) is 18.5. The number of carbonyl (C=O) groups is 3. The van der Waals surface area contributed by atoms with Crippen LogP contribution in [0.4, 0.5) is 10.6 Å². The van der Waals surface area contributed by atoms with Gasteiger partial charge >= 0.3 is 12.1 Å². The molecule has 2 aromatic carbocycles. The molecule has 1 unspecified atom stereocenters. The SMILES string of the molecule is CCC(CCC(=O)Nc1c(C(=O)O)cnn1C)NC(=O)OCC1c2ccccc2-c2ccccc21. The molecule has 3 aromatic rings. The van der Waals surface area contributed by atoms with E-state index in [1.165, 1.54) is 10.9 Å². The van der Waals surface area contributed by atoms with Gasteiger partial charge in [0, 0.05) is 25.4 Å². The maximum absolute atomic E-state index is 12.5. The normalized spacial score (nSPS) is 13.0. The third kappa shape index (κ3) is 5.18. The molecular weight excluding hydrogens is 448 g/mol. The van der Waals surface area contributed by atoms with Crippen molar-refractivity contribution in [1.82, 2.24) is 15.1 Å². The number of amides is 2. The first kappa shape index (κ1) is 24.0. The van der Waals surface area contributed by atoms with Crippen LogP contribution in [0.15, 0.2) is 54.7 Å². The highest BCUT2D eigenvalue weighted by Crippen LogP contribution is 2.44. The Morgan fingerprint density at radius 3 is 2.31 bits per heavy atom. The van der Waals surface area contributed by atoms with Gasteiger partial charge in [0.1, 0.15) is 18.0 Å². The topological polar surface area (TPSA) is 123 Å². The van der Waals surface area contributed by atoms with Crippen LogP contribution in [-0.4, -0.2) is 45.5 Å². The predicted molar refractivity (Wildman–Crippen MR) is 130 cm³/mol. The van der Waals surface area contributed by atoms with E-state index in [-0.39, 0.29) is 42.3 Å². The number of anilines is 1. The number of rotatable bonds is 9. The van der Waals surface area contributed by atoms with E-state index in [0.717, 1.165) is 22.3 Å². The van der Waals surface area contributed by atoms with E-state index in [9.17, 15) is 19.5 Å². The molecular formula is C26H28N4O5. The minimum absolute atomic E-state index is 0.0265. The van der Waals surface area contributed by atoms with Crippen molar-refractivity contribution in [2.45, 2.75) is 38.1 Å². The quantitative estimate of drug-likeness (QED) is 0.426. The fraction of sp³-hybridized carbons (Fsp3) is 0.308. The van der Waals surface area contributed by atoms with Crippen molar-refractivity contribution >= 4 is 23.8 Å². The van der Waals surface area contributed by atoms with Crippen molar-refractivity contribution in [3.63, 3.8) is 0 Å². The monoisotopic (exact) mass is 476 g/mol. The number of carboxylic acid groups (broad SMARTS) is 1. The molecule has 9 nitrogen and oxygen atoms in total. The van der Waals surface area contributed by atoms with E-state index in [0.29, 0.717) is 12.8 Å². The number of fused-ring (bicyclic) bond motifs is 3. The Kier molecular flexibility index (Phi) is 7.14. The molecule has 0 saturated heterocycles. The average molecular weight is 477 g/mol. The zero-order chi connectivity index (χ0) is 24.9. The second-order valence-electron chi connectivity index (χ2n) is 8.50. The Labute approximate surface area is 203 Å². The van der Waals surface area contributed by atoms with Gasteiger partial charge in [-0.05, 0) is 35.1 Å².